The Morgan fingerprint density at radius 2 is 2.00 bits per heavy atom. The maximum Gasteiger partial charge on any atom is 0.127 e. The minimum Gasteiger partial charge on any atom is -0.497 e. The van der Waals surface area contributed by atoms with Crippen LogP contribution in [0.5, 0.6) is 11.5 Å². The lowest BCUT2D eigenvalue weighted by molar-refractivity contribution is 0.389. The first-order chi connectivity index (χ1) is 9.17. The highest BCUT2D eigenvalue weighted by Gasteiger charge is 2.18. The molecule has 0 aliphatic heterocycles. The van der Waals surface area contributed by atoms with E-state index >= 15 is 0 Å². The third-order valence-corrected chi connectivity index (χ3v) is 3.18. The van der Waals surface area contributed by atoms with Crippen LogP contribution in [-0.2, 0) is 0 Å². The van der Waals surface area contributed by atoms with Gasteiger partial charge in [-0.15, -0.1) is 0 Å². The van der Waals surface area contributed by atoms with E-state index in [4.69, 9.17) is 26.8 Å². The predicted octanol–water partition coefficient (Wildman–Crippen LogP) is 2.80. The molecular formula is C14H15ClN2O2. The van der Waals surface area contributed by atoms with Crippen molar-refractivity contribution in [3.63, 3.8) is 0 Å². The molecule has 1 aromatic heterocycles. The fourth-order valence-electron chi connectivity index (χ4n) is 1.85. The van der Waals surface area contributed by atoms with Crippen LogP contribution in [0.2, 0.25) is 5.02 Å². The summed E-state index contributed by atoms with van der Waals surface area (Å²) in [7, 11) is 3.19. The Labute approximate surface area is 117 Å². The summed E-state index contributed by atoms with van der Waals surface area (Å²) in [5.41, 5.74) is 7.64. The number of hydrogen-bond donors (Lipinski definition) is 1. The van der Waals surface area contributed by atoms with Crippen molar-refractivity contribution in [1.82, 2.24) is 4.98 Å². The molecule has 0 saturated carbocycles. The van der Waals surface area contributed by atoms with Crippen molar-refractivity contribution >= 4 is 11.6 Å². The van der Waals surface area contributed by atoms with E-state index in [9.17, 15) is 0 Å². The number of hydrogen-bond acceptors (Lipinski definition) is 4. The molecular weight excluding hydrogens is 264 g/mol. The molecule has 0 aliphatic rings. The summed E-state index contributed by atoms with van der Waals surface area (Å²) in [5, 5.41) is 0.535. The van der Waals surface area contributed by atoms with Crippen molar-refractivity contribution in [1.29, 1.82) is 0 Å². The molecule has 0 fully saturated rings. The van der Waals surface area contributed by atoms with E-state index in [0.717, 1.165) is 5.56 Å². The van der Waals surface area contributed by atoms with Crippen LogP contribution in [0.3, 0.4) is 0 Å². The van der Waals surface area contributed by atoms with E-state index in [1.165, 1.54) is 0 Å². The number of nitrogens with zero attached hydrogens (tertiary/aromatic N) is 1. The van der Waals surface area contributed by atoms with Crippen LogP contribution < -0.4 is 15.2 Å². The smallest absolute Gasteiger partial charge is 0.127 e. The number of aromatic nitrogens is 1. The topological polar surface area (TPSA) is 57.4 Å². The molecule has 0 bridgehead atoms. The third-order valence-electron chi connectivity index (χ3n) is 2.86. The SMILES string of the molecule is COc1ccc(C(N)c2ncccc2Cl)c(OC)c1. The summed E-state index contributed by atoms with van der Waals surface area (Å²) >= 11 is 6.12. The van der Waals surface area contributed by atoms with Gasteiger partial charge in [-0.1, -0.05) is 11.6 Å². The second-order valence-electron chi connectivity index (χ2n) is 3.96. The highest BCUT2D eigenvalue weighted by atomic mass is 35.5. The van der Waals surface area contributed by atoms with Crippen LogP contribution in [0.15, 0.2) is 36.5 Å². The summed E-state index contributed by atoms with van der Waals surface area (Å²) < 4.78 is 10.5. The summed E-state index contributed by atoms with van der Waals surface area (Å²) in [5.74, 6) is 1.36. The monoisotopic (exact) mass is 278 g/mol. The Morgan fingerprint density at radius 1 is 1.21 bits per heavy atom. The minimum absolute atomic E-state index is 0.449. The van der Waals surface area contributed by atoms with Gasteiger partial charge in [-0.3, -0.25) is 4.98 Å². The van der Waals surface area contributed by atoms with Crippen LogP contribution in [0.4, 0.5) is 0 Å². The zero-order chi connectivity index (χ0) is 13.8. The van der Waals surface area contributed by atoms with E-state index in [2.05, 4.69) is 4.98 Å². The normalized spacial score (nSPS) is 12.0. The first kappa shape index (κ1) is 13.6. The summed E-state index contributed by atoms with van der Waals surface area (Å²) in [6.07, 6.45) is 1.66. The Kier molecular flexibility index (Phi) is 4.24. The van der Waals surface area contributed by atoms with Crippen molar-refractivity contribution in [3.8, 4) is 11.5 Å². The van der Waals surface area contributed by atoms with Gasteiger partial charge in [0.2, 0.25) is 0 Å². The van der Waals surface area contributed by atoms with Crippen molar-refractivity contribution in [2.45, 2.75) is 6.04 Å². The van der Waals surface area contributed by atoms with Gasteiger partial charge in [0.15, 0.2) is 0 Å². The molecule has 0 spiro atoms. The van der Waals surface area contributed by atoms with Crippen molar-refractivity contribution in [2.75, 3.05) is 14.2 Å². The number of benzene rings is 1. The first-order valence-electron chi connectivity index (χ1n) is 5.75. The average molecular weight is 279 g/mol. The zero-order valence-electron chi connectivity index (χ0n) is 10.8. The number of ether oxygens (including phenoxy) is 2. The van der Waals surface area contributed by atoms with Crippen LogP contribution in [-0.4, -0.2) is 19.2 Å². The summed E-state index contributed by atoms with van der Waals surface area (Å²) in [4.78, 5) is 4.23. The van der Waals surface area contributed by atoms with Gasteiger partial charge in [0.25, 0.3) is 0 Å². The molecule has 100 valence electrons. The van der Waals surface area contributed by atoms with Crippen LogP contribution in [0, 0.1) is 0 Å². The van der Waals surface area contributed by atoms with Crippen LogP contribution in [0.25, 0.3) is 0 Å². The Hall–Kier alpha value is -1.78. The Morgan fingerprint density at radius 3 is 2.63 bits per heavy atom. The third kappa shape index (κ3) is 2.80. The summed E-state index contributed by atoms with van der Waals surface area (Å²) in [6.45, 7) is 0. The second kappa shape index (κ2) is 5.91. The number of nitrogens with two attached hydrogens (primary N) is 1. The largest absolute Gasteiger partial charge is 0.497 e. The van der Waals surface area contributed by atoms with Crippen LogP contribution in [0.1, 0.15) is 17.3 Å². The lowest BCUT2D eigenvalue weighted by atomic mass is 10.0. The second-order valence-corrected chi connectivity index (χ2v) is 4.36. The van der Waals surface area contributed by atoms with E-state index in [0.29, 0.717) is 22.2 Å². The standard InChI is InChI=1S/C14H15ClN2O2/c1-18-9-5-6-10(12(8-9)19-2)13(16)14-11(15)4-3-7-17-14/h3-8,13H,16H2,1-2H3. The molecule has 19 heavy (non-hydrogen) atoms. The molecule has 2 aromatic rings. The fraction of sp³-hybridized carbons (Fsp3) is 0.214. The van der Waals surface area contributed by atoms with E-state index in [1.54, 1.807) is 38.6 Å². The molecule has 4 nitrogen and oxygen atoms in total. The molecule has 0 radical (unpaired) electrons. The highest BCUT2D eigenvalue weighted by Crippen LogP contribution is 2.33. The molecule has 1 heterocycles. The van der Waals surface area contributed by atoms with Crippen LogP contribution >= 0.6 is 11.6 Å². The molecule has 0 amide bonds. The molecule has 2 N–H and O–H groups in total. The first-order valence-corrected chi connectivity index (χ1v) is 6.13. The van der Waals surface area contributed by atoms with Gasteiger partial charge in [0.05, 0.1) is 31.0 Å². The molecule has 5 heteroatoms. The lowest BCUT2D eigenvalue weighted by Gasteiger charge is -2.17. The number of pyridine rings is 1. The van der Waals surface area contributed by atoms with E-state index < -0.39 is 6.04 Å². The Balaban J connectivity index is 2.44. The van der Waals surface area contributed by atoms with Crippen molar-refractivity contribution < 1.29 is 9.47 Å². The molecule has 1 aromatic carbocycles. The van der Waals surface area contributed by atoms with E-state index in [-0.39, 0.29) is 0 Å². The number of rotatable bonds is 4. The van der Waals surface area contributed by atoms with Gasteiger partial charge < -0.3 is 15.2 Å². The fourth-order valence-corrected chi connectivity index (χ4v) is 2.09. The van der Waals surface area contributed by atoms with E-state index in [1.807, 2.05) is 12.1 Å². The maximum absolute atomic E-state index is 6.22. The minimum atomic E-state index is -0.449. The van der Waals surface area contributed by atoms with Gasteiger partial charge in [0, 0.05) is 17.8 Å². The van der Waals surface area contributed by atoms with Gasteiger partial charge in [-0.25, -0.2) is 0 Å². The highest BCUT2D eigenvalue weighted by molar-refractivity contribution is 6.31. The quantitative estimate of drug-likeness (QED) is 0.934. The molecule has 0 saturated heterocycles. The van der Waals surface area contributed by atoms with Gasteiger partial charge >= 0.3 is 0 Å². The molecule has 1 unspecified atom stereocenters. The zero-order valence-corrected chi connectivity index (χ0v) is 11.5. The number of methoxy groups -OCH3 is 2. The van der Waals surface area contributed by atoms with Gasteiger partial charge in [-0.05, 0) is 24.3 Å². The maximum atomic E-state index is 6.22. The Bertz CT molecular complexity index is 575. The molecule has 1 atom stereocenters. The number of halogens is 1. The predicted molar refractivity (Wildman–Crippen MR) is 74.8 cm³/mol. The molecule has 0 aliphatic carbocycles. The lowest BCUT2D eigenvalue weighted by Crippen LogP contribution is -2.15. The van der Waals surface area contributed by atoms with Crippen molar-refractivity contribution in [2.24, 2.45) is 5.73 Å². The van der Waals surface area contributed by atoms with Crippen molar-refractivity contribution in [3.05, 3.63) is 52.8 Å². The van der Waals surface area contributed by atoms with Gasteiger partial charge in [0.1, 0.15) is 11.5 Å². The summed E-state index contributed by atoms with van der Waals surface area (Å²) in [6, 6.07) is 8.55. The average Bonchev–Trinajstić information content (AvgIpc) is 2.46. The van der Waals surface area contributed by atoms with Gasteiger partial charge in [-0.2, -0.15) is 0 Å². The molecule has 2 rings (SSSR count).